The van der Waals surface area contributed by atoms with Gasteiger partial charge in [-0.15, -0.1) is 0 Å². The van der Waals surface area contributed by atoms with E-state index >= 15 is 0 Å². The number of piperidine rings is 1. The Morgan fingerprint density at radius 3 is 2.95 bits per heavy atom. The molecular formula is C15H24N4. The zero-order valence-electron chi connectivity index (χ0n) is 11.8. The summed E-state index contributed by atoms with van der Waals surface area (Å²) < 4.78 is 0. The molecule has 104 valence electrons. The molecule has 1 N–H and O–H groups in total. The van der Waals surface area contributed by atoms with Crippen LogP contribution in [0.2, 0.25) is 0 Å². The summed E-state index contributed by atoms with van der Waals surface area (Å²) in [6.07, 6.45) is 12.1. The molecular weight excluding hydrogens is 236 g/mol. The second-order valence-corrected chi connectivity index (χ2v) is 5.85. The fraction of sp³-hybridized carbons (Fsp3) is 0.733. The summed E-state index contributed by atoms with van der Waals surface area (Å²) in [7, 11) is 1.95. The smallest absolute Gasteiger partial charge is 0.147 e. The third kappa shape index (κ3) is 2.73. The van der Waals surface area contributed by atoms with Gasteiger partial charge in [0.2, 0.25) is 0 Å². The van der Waals surface area contributed by atoms with Crippen molar-refractivity contribution < 1.29 is 0 Å². The summed E-state index contributed by atoms with van der Waals surface area (Å²) in [5.41, 5.74) is 1.04. The van der Waals surface area contributed by atoms with Crippen molar-refractivity contribution in [2.45, 2.75) is 51.1 Å². The average Bonchev–Trinajstić information content (AvgIpc) is 2.47. The third-order valence-corrected chi connectivity index (χ3v) is 4.57. The Morgan fingerprint density at radius 1 is 1.21 bits per heavy atom. The number of rotatable bonds is 3. The topological polar surface area (TPSA) is 41.1 Å². The highest BCUT2D eigenvalue weighted by Crippen LogP contribution is 2.36. The number of nitrogens with zero attached hydrogens (tertiary/aromatic N) is 3. The second-order valence-electron chi connectivity index (χ2n) is 5.85. The number of nitrogens with one attached hydrogen (secondary N) is 1. The van der Waals surface area contributed by atoms with Crippen LogP contribution in [0.5, 0.6) is 0 Å². The van der Waals surface area contributed by atoms with Gasteiger partial charge in [0.05, 0.1) is 11.9 Å². The molecule has 1 aromatic heterocycles. The SMILES string of the molecule is CNCc1cncc(N2CCC[C@H]3CCCC[C@H]32)n1. The molecule has 1 saturated carbocycles. The molecule has 0 radical (unpaired) electrons. The van der Waals surface area contributed by atoms with E-state index in [0.29, 0.717) is 6.04 Å². The lowest BCUT2D eigenvalue weighted by molar-refractivity contribution is 0.242. The van der Waals surface area contributed by atoms with Gasteiger partial charge in [-0.1, -0.05) is 12.8 Å². The first-order valence-corrected chi connectivity index (χ1v) is 7.60. The lowest BCUT2D eigenvalue weighted by Gasteiger charge is -2.44. The van der Waals surface area contributed by atoms with Crippen LogP contribution in [-0.2, 0) is 6.54 Å². The molecule has 2 heterocycles. The molecule has 1 aliphatic heterocycles. The maximum atomic E-state index is 4.78. The van der Waals surface area contributed by atoms with Gasteiger partial charge in [-0.25, -0.2) is 4.98 Å². The molecule has 2 atom stereocenters. The average molecular weight is 260 g/mol. The Balaban J connectivity index is 1.81. The number of anilines is 1. The molecule has 3 rings (SSSR count). The minimum Gasteiger partial charge on any atom is -0.352 e. The van der Waals surface area contributed by atoms with Crippen molar-refractivity contribution in [1.29, 1.82) is 0 Å². The van der Waals surface area contributed by atoms with Crippen molar-refractivity contribution in [2.75, 3.05) is 18.5 Å². The molecule has 4 nitrogen and oxygen atoms in total. The van der Waals surface area contributed by atoms with E-state index in [1.807, 2.05) is 19.4 Å². The standard InChI is InChI=1S/C15H24N4/c1-16-9-13-10-17-11-15(18-13)19-8-4-6-12-5-2-3-7-14(12)19/h10-12,14,16H,2-9H2,1H3/t12-,14-/m1/s1. The van der Waals surface area contributed by atoms with E-state index in [9.17, 15) is 0 Å². The Bertz CT molecular complexity index is 418. The molecule has 2 fully saturated rings. The van der Waals surface area contributed by atoms with Crippen molar-refractivity contribution in [3.05, 3.63) is 18.1 Å². The molecule has 1 aromatic rings. The number of hydrogen-bond acceptors (Lipinski definition) is 4. The minimum atomic E-state index is 0.710. The molecule has 0 aromatic carbocycles. The van der Waals surface area contributed by atoms with E-state index in [1.165, 1.54) is 38.5 Å². The highest BCUT2D eigenvalue weighted by molar-refractivity contribution is 5.39. The first-order valence-electron chi connectivity index (χ1n) is 7.60. The zero-order chi connectivity index (χ0) is 13.1. The number of hydrogen-bond donors (Lipinski definition) is 1. The monoisotopic (exact) mass is 260 g/mol. The molecule has 0 amide bonds. The van der Waals surface area contributed by atoms with E-state index < -0.39 is 0 Å². The Labute approximate surface area is 115 Å². The van der Waals surface area contributed by atoms with E-state index in [4.69, 9.17) is 4.98 Å². The molecule has 4 heteroatoms. The fourth-order valence-corrected chi connectivity index (χ4v) is 3.71. The van der Waals surface area contributed by atoms with Crippen molar-refractivity contribution in [1.82, 2.24) is 15.3 Å². The summed E-state index contributed by atoms with van der Waals surface area (Å²) >= 11 is 0. The van der Waals surface area contributed by atoms with Crippen molar-refractivity contribution in [3.8, 4) is 0 Å². The quantitative estimate of drug-likeness (QED) is 0.906. The van der Waals surface area contributed by atoms with Gasteiger partial charge >= 0.3 is 0 Å². The molecule has 0 unspecified atom stereocenters. The van der Waals surface area contributed by atoms with Gasteiger partial charge in [0, 0.05) is 25.3 Å². The van der Waals surface area contributed by atoms with Gasteiger partial charge < -0.3 is 10.2 Å². The summed E-state index contributed by atoms with van der Waals surface area (Å²) in [6, 6.07) is 0.710. The zero-order valence-corrected chi connectivity index (χ0v) is 11.8. The summed E-state index contributed by atoms with van der Waals surface area (Å²) in [5.74, 6) is 1.97. The minimum absolute atomic E-state index is 0.710. The summed E-state index contributed by atoms with van der Waals surface area (Å²) in [5, 5.41) is 3.15. The lowest BCUT2D eigenvalue weighted by Crippen LogP contribution is -2.47. The van der Waals surface area contributed by atoms with Crippen molar-refractivity contribution in [2.24, 2.45) is 5.92 Å². The number of aromatic nitrogens is 2. The summed E-state index contributed by atoms with van der Waals surface area (Å²) in [6.45, 7) is 1.95. The lowest BCUT2D eigenvalue weighted by atomic mass is 9.78. The van der Waals surface area contributed by atoms with Crippen LogP contribution in [0.25, 0.3) is 0 Å². The van der Waals surface area contributed by atoms with Gasteiger partial charge in [0.25, 0.3) is 0 Å². The van der Waals surface area contributed by atoms with Crippen LogP contribution >= 0.6 is 0 Å². The van der Waals surface area contributed by atoms with Crippen LogP contribution in [0.4, 0.5) is 5.82 Å². The van der Waals surface area contributed by atoms with Gasteiger partial charge in [-0.2, -0.15) is 0 Å². The van der Waals surface area contributed by atoms with Crippen LogP contribution in [-0.4, -0.2) is 29.6 Å². The molecule has 2 aliphatic rings. The molecule has 1 saturated heterocycles. The van der Waals surface area contributed by atoms with E-state index in [1.54, 1.807) is 0 Å². The van der Waals surface area contributed by atoms with Gasteiger partial charge in [0.1, 0.15) is 5.82 Å². The van der Waals surface area contributed by atoms with Crippen LogP contribution in [0.15, 0.2) is 12.4 Å². The van der Waals surface area contributed by atoms with Crippen LogP contribution in [0.3, 0.4) is 0 Å². The fourth-order valence-electron chi connectivity index (χ4n) is 3.71. The van der Waals surface area contributed by atoms with E-state index in [2.05, 4.69) is 15.2 Å². The normalized spacial score (nSPS) is 27.1. The van der Waals surface area contributed by atoms with Crippen LogP contribution in [0.1, 0.15) is 44.2 Å². The molecule has 19 heavy (non-hydrogen) atoms. The predicted octanol–water partition coefficient (Wildman–Crippen LogP) is 2.36. The predicted molar refractivity (Wildman–Crippen MR) is 77.1 cm³/mol. The highest BCUT2D eigenvalue weighted by Gasteiger charge is 2.33. The van der Waals surface area contributed by atoms with Crippen molar-refractivity contribution in [3.63, 3.8) is 0 Å². The second kappa shape index (κ2) is 5.87. The third-order valence-electron chi connectivity index (χ3n) is 4.57. The Kier molecular flexibility index (Phi) is 3.97. The van der Waals surface area contributed by atoms with Crippen molar-refractivity contribution >= 4 is 5.82 Å². The molecule has 0 bridgehead atoms. The first-order chi connectivity index (χ1) is 9.38. The Morgan fingerprint density at radius 2 is 2.05 bits per heavy atom. The van der Waals surface area contributed by atoms with Gasteiger partial charge in [0.15, 0.2) is 0 Å². The maximum Gasteiger partial charge on any atom is 0.147 e. The van der Waals surface area contributed by atoms with Gasteiger partial charge in [-0.3, -0.25) is 4.98 Å². The highest BCUT2D eigenvalue weighted by atomic mass is 15.2. The van der Waals surface area contributed by atoms with Gasteiger partial charge in [-0.05, 0) is 38.6 Å². The molecule has 0 spiro atoms. The van der Waals surface area contributed by atoms with Crippen LogP contribution < -0.4 is 10.2 Å². The number of fused-ring (bicyclic) bond motifs is 1. The van der Waals surface area contributed by atoms with Crippen LogP contribution in [0, 0.1) is 5.92 Å². The summed E-state index contributed by atoms with van der Waals surface area (Å²) in [4.78, 5) is 11.7. The Hall–Kier alpha value is -1.16. The largest absolute Gasteiger partial charge is 0.352 e. The first kappa shape index (κ1) is 12.9. The van der Waals surface area contributed by atoms with E-state index in [0.717, 1.165) is 30.5 Å². The van der Waals surface area contributed by atoms with E-state index in [-0.39, 0.29) is 0 Å². The molecule has 1 aliphatic carbocycles. The maximum absolute atomic E-state index is 4.78.